The van der Waals surface area contributed by atoms with E-state index in [1.807, 2.05) is 12.1 Å². The number of ketones is 1. The Bertz CT molecular complexity index is 675. The summed E-state index contributed by atoms with van der Waals surface area (Å²) in [4.78, 5) is 25.1. The molecule has 5 nitrogen and oxygen atoms in total. The number of Topliss-reactive ketones (excluding diaryl/α,β-unsaturated/α-hetero) is 1. The van der Waals surface area contributed by atoms with E-state index in [4.69, 9.17) is 0 Å². The fourth-order valence-electron chi connectivity index (χ4n) is 1.91. The summed E-state index contributed by atoms with van der Waals surface area (Å²) in [6.07, 6.45) is 0. The second-order valence-corrected chi connectivity index (χ2v) is 6.93. The number of nitrogens with one attached hydrogen (secondary N) is 1. The van der Waals surface area contributed by atoms with Gasteiger partial charge in [-0.2, -0.15) is 5.10 Å². The lowest BCUT2D eigenvalue weighted by atomic mass is 10.1. The maximum Gasteiger partial charge on any atom is 0.292 e. The highest BCUT2D eigenvalue weighted by atomic mass is 79.9. The lowest BCUT2D eigenvalue weighted by molar-refractivity contribution is -0.117. The van der Waals surface area contributed by atoms with Crippen LogP contribution in [0.15, 0.2) is 15.9 Å². The van der Waals surface area contributed by atoms with Gasteiger partial charge in [0.15, 0.2) is 0 Å². The Kier molecular flexibility index (Phi) is 4.39. The monoisotopic (exact) mass is 355 g/mol. The highest BCUT2D eigenvalue weighted by Gasteiger charge is 2.23. The van der Waals surface area contributed by atoms with Crippen molar-refractivity contribution < 1.29 is 9.59 Å². The van der Waals surface area contributed by atoms with E-state index in [9.17, 15) is 9.59 Å². The van der Waals surface area contributed by atoms with Gasteiger partial charge < -0.3 is 5.32 Å². The summed E-state index contributed by atoms with van der Waals surface area (Å²) in [6, 6.07) is 3.81. The van der Waals surface area contributed by atoms with Gasteiger partial charge in [-0.25, -0.2) is 0 Å². The van der Waals surface area contributed by atoms with Gasteiger partial charge in [0.1, 0.15) is 0 Å². The molecule has 0 fully saturated rings. The van der Waals surface area contributed by atoms with Crippen molar-refractivity contribution in [3.8, 4) is 0 Å². The molecular weight excluding hydrogens is 342 g/mol. The number of aryl methyl sites for hydroxylation is 2. The van der Waals surface area contributed by atoms with Crippen LogP contribution in [0.25, 0.3) is 0 Å². The van der Waals surface area contributed by atoms with Crippen LogP contribution >= 0.6 is 27.3 Å². The number of amides is 1. The minimum atomic E-state index is -0.603. The van der Waals surface area contributed by atoms with E-state index < -0.39 is 11.7 Å². The van der Waals surface area contributed by atoms with E-state index in [1.165, 1.54) is 11.3 Å². The van der Waals surface area contributed by atoms with Gasteiger partial charge in [-0.3, -0.25) is 14.3 Å². The van der Waals surface area contributed by atoms with Crippen LogP contribution in [0.4, 0.5) is 0 Å². The van der Waals surface area contributed by atoms with Crippen molar-refractivity contribution in [2.45, 2.75) is 20.4 Å². The number of carbonyl (C=O) groups excluding carboxylic acids is 2. The summed E-state index contributed by atoms with van der Waals surface area (Å²) in [6.45, 7) is 3.85. The third kappa shape index (κ3) is 2.99. The van der Waals surface area contributed by atoms with Crippen molar-refractivity contribution in [3.05, 3.63) is 37.7 Å². The molecule has 20 heavy (non-hydrogen) atoms. The third-order valence-electron chi connectivity index (χ3n) is 2.99. The number of halogens is 1. The van der Waals surface area contributed by atoms with Gasteiger partial charge >= 0.3 is 0 Å². The van der Waals surface area contributed by atoms with Gasteiger partial charge in [-0.15, -0.1) is 11.3 Å². The van der Waals surface area contributed by atoms with Crippen molar-refractivity contribution in [2.24, 2.45) is 7.05 Å². The first-order chi connectivity index (χ1) is 9.40. The second-order valence-electron chi connectivity index (χ2n) is 4.39. The Balaban J connectivity index is 2.07. The summed E-state index contributed by atoms with van der Waals surface area (Å²) < 4.78 is 2.60. The van der Waals surface area contributed by atoms with Crippen molar-refractivity contribution in [1.29, 1.82) is 0 Å². The molecule has 0 aliphatic heterocycles. The Morgan fingerprint density at radius 3 is 2.60 bits per heavy atom. The summed E-state index contributed by atoms with van der Waals surface area (Å²) in [5.41, 5.74) is 1.66. The van der Waals surface area contributed by atoms with E-state index in [2.05, 4.69) is 26.3 Å². The maximum absolute atomic E-state index is 12.2. The first-order valence-electron chi connectivity index (χ1n) is 5.97. The van der Waals surface area contributed by atoms with E-state index in [-0.39, 0.29) is 0 Å². The van der Waals surface area contributed by atoms with Gasteiger partial charge in [-0.1, -0.05) is 0 Å². The average molecular weight is 356 g/mol. The van der Waals surface area contributed by atoms with Crippen molar-refractivity contribution in [3.63, 3.8) is 0 Å². The van der Waals surface area contributed by atoms with Crippen LogP contribution < -0.4 is 5.32 Å². The molecule has 0 atom stereocenters. The molecule has 1 N–H and O–H groups in total. The summed E-state index contributed by atoms with van der Waals surface area (Å²) in [7, 11) is 1.75. The van der Waals surface area contributed by atoms with Crippen LogP contribution in [0.2, 0.25) is 0 Å². The molecule has 106 valence electrons. The van der Waals surface area contributed by atoms with Gasteiger partial charge in [0.25, 0.3) is 11.7 Å². The number of carbonyl (C=O) groups is 2. The zero-order chi connectivity index (χ0) is 14.9. The molecule has 2 rings (SSSR count). The predicted octanol–water partition coefficient (Wildman–Crippen LogP) is 2.36. The molecule has 0 aliphatic rings. The largest absolute Gasteiger partial charge is 0.344 e. The van der Waals surface area contributed by atoms with Gasteiger partial charge in [0, 0.05) is 17.6 Å². The van der Waals surface area contributed by atoms with Crippen LogP contribution in [-0.2, 0) is 18.4 Å². The first-order valence-corrected chi connectivity index (χ1v) is 7.58. The normalized spacial score (nSPS) is 10.6. The van der Waals surface area contributed by atoms with Crippen molar-refractivity contribution in [1.82, 2.24) is 15.1 Å². The van der Waals surface area contributed by atoms with E-state index >= 15 is 0 Å². The molecule has 2 aromatic rings. The lowest BCUT2D eigenvalue weighted by Crippen LogP contribution is -2.31. The zero-order valence-electron chi connectivity index (χ0n) is 11.4. The third-order valence-corrected chi connectivity index (χ3v) is 4.62. The summed E-state index contributed by atoms with van der Waals surface area (Å²) in [5, 5.41) is 6.79. The molecule has 7 heteroatoms. The van der Waals surface area contributed by atoms with Crippen LogP contribution in [0.3, 0.4) is 0 Å². The summed E-state index contributed by atoms with van der Waals surface area (Å²) >= 11 is 4.88. The molecule has 0 saturated carbocycles. The molecule has 0 aliphatic carbocycles. The molecule has 0 spiro atoms. The number of aromatic nitrogens is 2. The van der Waals surface area contributed by atoms with Crippen molar-refractivity contribution in [2.75, 3.05) is 0 Å². The molecule has 1 amide bonds. The standard InChI is InChI=1S/C13H14BrN3O2S/c1-7-11(8(2)17(3)16-7)12(18)13(19)15-6-9-4-5-10(14)20-9/h4-5H,6H2,1-3H3,(H,15,19). The second kappa shape index (κ2) is 5.88. The fraction of sp³-hybridized carbons (Fsp3) is 0.308. The Morgan fingerprint density at radius 1 is 1.40 bits per heavy atom. The van der Waals surface area contributed by atoms with Gasteiger partial charge in [0.05, 0.1) is 21.6 Å². The smallest absolute Gasteiger partial charge is 0.292 e. The number of nitrogens with zero attached hydrogens (tertiary/aromatic N) is 2. The Labute approximate surface area is 129 Å². The molecule has 0 unspecified atom stereocenters. The Hall–Kier alpha value is -1.47. The lowest BCUT2D eigenvalue weighted by Gasteiger charge is -2.03. The molecular formula is C13H14BrN3O2S. The van der Waals surface area contributed by atoms with E-state index in [1.54, 1.807) is 25.6 Å². The van der Waals surface area contributed by atoms with Crippen LogP contribution in [0.1, 0.15) is 26.6 Å². The van der Waals surface area contributed by atoms with Crippen LogP contribution in [-0.4, -0.2) is 21.5 Å². The maximum atomic E-state index is 12.2. The number of thiophene rings is 1. The minimum absolute atomic E-state index is 0.346. The number of hydrogen-bond acceptors (Lipinski definition) is 4. The van der Waals surface area contributed by atoms with E-state index in [0.29, 0.717) is 23.5 Å². The van der Waals surface area contributed by atoms with Crippen molar-refractivity contribution >= 4 is 39.0 Å². The molecule has 0 bridgehead atoms. The number of rotatable bonds is 4. The molecule has 0 radical (unpaired) electrons. The van der Waals surface area contributed by atoms with Gasteiger partial charge in [0.2, 0.25) is 0 Å². The average Bonchev–Trinajstić information content (AvgIpc) is 2.91. The molecule has 2 aromatic heterocycles. The molecule has 0 saturated heterocycles. The highest BCUT2D eigenvalue weighted by molar-refractivity contribution is 9.11. The number of hydrogen-bond donors (Lipinski definition) is 1. The van der Waals surface area contributed by atoms with Crippen LogP contribution in [0.5, 0.6) is 0 Å². The minimum Gasteiger partial charge on any atom is -0.344 e. The summed E-state index contributed by atoms with van der Waals surface area (Å²) in [5.74, 6) is -1.14. The van der Waals surface area contributed by atoms with Crippen LogP contribution in [0, 0.1) is 13.8 Å². The quantitative estimate of drug-likeness (QED) is 0.676. The topological polar surface area (TPSA) is 64.0 Å². The SMILES string of the molecule is Cc1nn(C)c(C)c1C(=O)C(=O)NCc1ccc(Br)s1. The molecule has 2 heterocycles. The fourth-order valence-corrected chi connectivity index (χ4v) is 3.33. The highest BCUT2D eigenvalue weighted by Crippen LogP contribution is 2.21. The molecule has 0 aromatic carbocycles. The predicted molar refractivity (Wildman–Crippen MR) is 80.9 cm³/mol. The Morgan fingerprint density at radius 2 is 2.10 bits per heavy atom. The van der Waals surface area contributed by atoms with Gasteiger partial charge in [-0.05, 0) is 41.9 Å². The van der Waals surface area contributed by atoms with E-state index in [0.717, 1.165) is 8.66 Å². The first kappa shape index (κ1) is 14.9. The zero-order valence-corrected chi connectivity index (χ0v) is 13.8.